The molecule has 0 aliphatic carbocycles. The number of pyridine rings is 1. The number of amides is 1. The second kappa shape index (κ2) is 6.45. The van der Waals surface area contributed by atoms with E-state index in [1.807, 2.05) is 0 Å². The van der Waals surface area contributed by atoms with Crippen molar-refractivity contribution in [3.63, 3.8) is 0 Å². The van der Waals surface area contributed by atoms with E-state index in [2.05, 4.69) is 4.98 Å². The molecule has 0 unspecified atom stereocenters. The predicted octanol–water partition coefficient (Wildman–Crippen LogP) is 3.38. The van der Waals surface area contributed by atoms with E-state index in [0.717, 1.165) is 6.07 Å². The van der Waals surface area contributed by atoms with Crippen LogP contribution in [0, 0.1) is 0 Å². The number of hydrogen-bond donors (Lipinski definition) is 1. The van der Waals surface area contributed by atoms with E-state index in [1.54, 1.807) is 24.3 Å². The number of carbonyl (C=O) groups excluding carboxylic acids is 1. The van der Waals surface area contributed by atoms with Crippen LogP contribution in [-0.4, -0.2) is 18.0 Å². The van der Waals surface area contributed by atoms with Gasteiger partial charge in [0.2, 0.25) is 5.91 Å². The Labute approximate surface area is 135 Å². The normalized spacial score (nSPS) is 12.7. The van der Waals surface area contributed by atoms with Crippen LogP contribution in [0.4, 0.5) is 13.2 Å². The minimum atomic E-state index is -4.57. The molecular weight excluding hydrogens is 333 g/mol. The Balaban J connectivity index is 2.47. The van der Waals surface area contributed by atoms with E-state index >= 15 is 0 Å². The number of ether oxygens (including phenoxy) is 1. The van der Waals surface area contributed by atoms with Gasteiger partial charge < -0.3 is 10.5 Å². The first-order chi connectivity index (χ1) is 10.7. The van der Waals surface area contributed by atoms with Crippen molar-refractivity contribution in [2.24, 2.45) is 5.73 Å². The number of methoxy groups -OCH3 is 1. The maximum Gasteiger partial charge on any atom is 0.417 e. The molecule has 0 saturated heterocycles. The molecule has 2 rings (SSSR count). The molecule has 1 aromatic carbocycles. The minimum Gasteiger partial charge on any atom is -0.497 e. The summed E-state index contributed by atoms with van der Waals surface area (Å²) >= 11 is 5.89. The number of hydrogen-bond acceptors (Lipinski definition) is 3. The quantitative estimate of drug-likeness (QED) is 0.924. The van der Waals surface area contributed by atoms with Crippen LogP contribution in [0.3, 0.4) is 0 Å². The Bertz CT molecular complexity index is 718. The highest BCUT2D eigenvalue weighted by atomic mass is 35.5. The lowest BCUT2D eigenvalue weighted by Crippen LogP contribution is -2.24. The van der Waals surface area contributed by atoms with Crippen LogP contribution >= 0.6 is 11.6 Å². The van der Waals surface area contributed by atoms with Gasteiger partial charge in [-0.3, -0.25) is 9.78 Å². The summed E-state index contributed by atoms with van der Waals surface area (Å²) in [4.78, 5) is 15.5. The van der Waals surface area contributed by atoms with Gasteiger partial charge in [-0.25, -0.2) is 0 Å². The van der Waals surface area contributed by atoms with Gasteiger partial charge >= 0.3 is 6.18 Å². The number of halogens is 4. The van der Waals surface area contributed by atoms with Crippen molar-refractivity contribution in [2.75, 3.05) is 7.11 Å². The summed E-state index contributed by atoms with van der Waals surface area (Å²) in [6.45, 7) is 0. The van der Waals surface area contributed by atoms with Crippen LogP contribution in [0.25, 0.3) is 0 Å². The average molecular weight is 345 g/mol. The van der Waals surface area contributed by atoms with Gasteiger partial charge in [-0.1, -0.05) is 23.7 Å². The standard InChI is InChI=1S/C15H12ClF3N2O2/c1-23-10-4-2-8(3-5-10)12(14(20)22)13-11(16)6-9(7-21-13)15(17,18)19/h2-7,12H,1H3,(H2,20,22)/t12-/m0/s1. The van der Waals surface area contributed by atoms with Crippen molar-refractivity contribution in [3.8, 4) is 5.75 Å². The zero-order valence-electron chi connectivity index (χ0n) is 11.9. The number of rotatable bonds is 4. The predicted molar refractivity (Wildman–Crippen MR) is 78.3 cm³/mol. The summed E-state index contributed by atoms with van der Waals surface area (Å²) in [6, 6.07) is 7.07. The molecule has 122 valence electrons. The molecular formula is C15H12ClF3N2O2. The highest BCUT2D eigenvalue weighted by Crippen LogP contribution is 2.34. The van der Waals surface area contributed by atoms with Crippen molar-refractivity contribution >= 4 is 17.5 Å². The Hall–Kier alpha value is -2.28. The number of aromatic nitrogens is 1. The summed E-state index contributed by atoms with van der Waals surface area (Å²) in [5, 5.41) is -0.278. The fourth-order valence-corrected chi connectivity index (χ4v) is 2.34. The first-order valence-corrected chi connectivity index (χ1v) is 6.77. The summed E-state index contributed by atoms with van der Waals surface area (Å²) in [7, 11) is 1.48. The lowest BCUT2D eigenvalue weighted by Gasteiger charge is -2.16. The smallest absolute Gasteiger partial charge is 0.417 e. The molecule has 0 aliphatic heterocycles. The van der Waals surface area contributed by atoms with Crippen LogP contribution in [0.5, 0.6) is 5.75 Å². The molecule has 1 amide bonds. The molecule has 0 radical (unpaired) electrons. The van der Waals surface area contributed by atoms with Crippen molar-refractivity contribution in [1.29, 1.82) is 0 Å². The maximum absolute atomic E-state index is 12.7. The lowest BCUT2D eigenvalue weighted by molar-refractivity contribution is -0.137. The first-order valence-electron chi connectivity index (χ1n) is 6.40. The van der Waals surface area contributed by atoms with Crippen molar-refractivity contribution < 1.29 is 22.7 Å². The van der Waals surface area contributed by atoms with Crippen molar-refractivity contribution in [2.45, 2.75) is 12.1 Å². The van der Waals surface area contributed by atoms with Gasteiger partial charge in [0, 0.05) is 6.20 Å². The Kier molecular flexibility index (Phi) is 4.79. The monoisotopic (exact) mass is 344 g/mol. The molecule has 1 atom stereocenters. The third-order valence-electron chi connectivity index (χ3n) is 3.20. The minimum absolute atomic E-state index is 0.0302. The fraction of sp³-hybridized carbons (Fsp3) is 0.200. The van der Waals surface area contributed by atoms with Gasteiger partial charge in [-0.05, 0) is 23.8 Å². The van der Waals surface area contributed by atoms with Gasteiger partial charge in [0.15, 0.2) is 0 Å². The number of nitrogens with two attached hydrogens (primary N) is 1. The first kappa shape index (κ1) is 17.1. The number of primary amides is 1. The summed E-state index contributed by atoms with van der Waals surface area (Å²) in [5.74, 6) is -1.27. The highest BCUT2D eigenvalue weighted by molar-refractivity contribution is 6.31. The van der Waals surface area contributed by atoms with Gasteiger partial charge in [0.05, 0.1) is 23.4 Å². The Morgan fingerprint density at radius 1 is 1.30 bits per heavy atom. The topological polar surface area (TPSA) is 65.2 Å². The van der Waals surface area contributed by atoms with E-state index in [-0.39, 0.29) is 10.7 Å². The summed E-state index contributed by atoms with van der Waals surface area (Å²) in [6.07, 6.45) is -3.95. The number of carbonyl (C=O) groups is 1. The molecule has 0 fully saturated rings. The summed E-state index contributed by atoms with van der Waals surface area (Å²) < 4.78 is 43.0. The van der Waals surface area contributed by atoms with Crippen molar-refractivity contribution in [1.82, 2.24) is 4.98 Å². The zero-order valence-corrected chi connectivity index (χ0v) is 12.7. The van der Waals surface area contributed by atoms with Gasteiger partial charge in [0.1, 0.15) is 11.7 Å². The van der Waals surface area contributed by atoms with Crippen LogP contribution in [0.15, 0.2) is 36.5 Å². The van der Waals surface area contributed by atoms with E-state index in [9.17, 15) is 18.0 Å². The average Bonchev–Trinajstić information content (AvgIpc) is 2.48. The Morgan fingerprint density at radius 3 is 2.35 bits per heavy atom. The van der Waals surface area contributed by atoms with Crippen LogP contribution < -0.4 is 10.5 Å². The summed E-state index contributed by atoms with van der Waals surface area (Å²) in [5.41, 5.74) is 4.80. The molecule has 4 nitrogen and oxygen atoms in total. The third-order valence-corrected chi connectivity index (χ3v) is 3.51. The van der Waals surface area contributed by atoms with Crippen LogP contribution in [0.1, 0.15) is 22.7 Å². The zero-order chi connectivity index (χ0) is 17.2. The van der Waals surface area contributed by atoms with E-state index in [4.69, 9.17) is 22.1 Å². The van der Waals surface area contributed by atoms with E-state index in [1.165, 1.54) is 7.11 Å². The SMILES string of the molecule is COc1ccc([C@H](C(N)=O)c2ncc(C(F)(F)F)cc2Cl)cc1. The highest BCUT2D eigenvalue weighted by Gasteiger charge is 2.33. The largest absolute Gasteiger partial charge is 0.497 e. The molecule has 2 N–H and O–H groups in total. The molecule has 1 heterocycles. The van der Waals surface area contributed by atoms with E-state index < -0.39 is 23.6 Å². The molecule has 0 aliphatic rings. The molecule has 2 aromatic rings. The van der Waals surface area contributed by atoms with Gasteiger partial charge in [-0.15, -0.1) is 0 Å². The van der Waals surface area contributed by atoms with Gasteiger partial charge in [0.25, 0.3) is 0 Å². The molecule has 23 heavy (non-hydrogen) atoms. The molecule has 8 heteroatoms. The molecule has 0 bridgehead atoms. The number of nitrogens with zero attached hydrogens (tertiary/aromatic N) is 1. The van der Waals surface area contributed by atoms with Crippen molar-refractivity contribution in [3.05, 3.63) is 58.4 Å². The Morgan fingerprint density at radius 2 is 1.91 bits per heavy atom. The molecule has 0 saturated carbocycles. The molecule has 0 spiro atoms. The fourth-order valence-electron chi connectivity index (χ4n) is 2.07. The number of benzene rings is 1. The third kappa shape index (κ3) is 3.73. The second-order valence-electron chi connectivity index (χ2n) is 4.70. The second-order valence-corrected chi connectivity index (χ2v) is 5.10. The molecule has 1 aromatic heterocycles. The van der Waals surface area contributed by atoms with E-state index in [0.29, 0.717) is 17.5 Å². The lowest BCUT2D eigenvalue weighted by atomic mass is 9.94. The van der Waals surface area contributed by atoms with Crippen LogP contribution in [-0.2, 0) is 11.0 Å². The maximum atomic E-state index is 12.7. The van der Waals surface area contributed by atoms with Gasteiger partial charge in [-0.2, -0.15) is 13.2 Å². The number of alkyl halides is 3. The van der Waals surface area contributed by atoms with Crippen LogP contribution in [0.2, 0.25) is 5.02 Å².